The number of terminal acetylenes is 1. The van der Waals surface area contributed by atoms with E-state index in [9.17, 15) is 0 Å². The minimum absolute atomic E-state index is 0.405. The van der Waals surface area contributed by atoms with Crippen molar-refractivity contribution < 1.29 is 0 Å². The van der Waals surface area contributed by atoms with Crippen molar-refractivity contribution in [1.29, 1.82) is 0 Å². The van der Waals surface area contributed by atoms with Gasteiger partial charge in [-0.3, -0.25) is 0 Å². The van der Waals surface area contributed by atoms with E-state index in [1.165, 1.54) is 0 Å². The quantitative estimate of drug-likeness (QED) is 0.578. The van der Waals surface area contributed by atoms with Crippen LogP contribution in [-0.4, -0.2) is 10.5 Å². The van der Waals surface area contributed by atoms with Crippen LogP contribution in [0.5, 0.6) is 0 Å². The molecule has 0 spiro atoms. The number of hydrogen-bond donors (Lipinski definition) is 1. The highest BCUT2D eigenvalue weighted by Gasteiger charge is 2.13. The van der Waals surface area contributed by atoms with Gasteiger partial charge in [-0.05, 0) is 26.0 Å². The van der Waals surface area contributed by atoms with Crippen molar-refractivity contribution >= 4 is 17.4 Å². The van der Waals surface area contributed by atoms with Gasteiger partial charge in [0.05, 0.1) is 5.54 Å². The first-order valence-corrected chi connectivity index (χ1v) is 4.30. The van der Waals surface area contributed by atoms with Crippen LogP contribution >= 0.6 is 11.6 Å². The van der Waals surface area contributed by atoms with Gasteiger partial charge in [0.15, 0.2) is 0 Å². The minimum atomic E-state index is -0.405. The Balaban J connectivity index is 2.82. The highest BCUT2D eigenvalue weighted by molar-refractivity contribution is 6.29. The molecule has 0 aliphatic heterocycles. The van der Waals surface area contributed by atoms with Crippen LogP contribution in [0.2, 0.25) is 5.15 Å². The Morgan fingerprint density at radius 2 is 2.23 bits per heavy atom. The first-order chi connectivity index (χ1) is 6.03. The molecule has 0 amide bonds. The first kappa shape index (κ1) is 9.88. The van der Waals surface area contributed by atoms with Crippen LogP contribution in [0.4, 0.5) is 5.82 Å². The van der Waals surface area contributed by atoms with E-state index in [4.69, 9.17) is 18.0 Å². The molecule has 1 aromatic rings. The van der Waals surface area contributed by atoms with E-state index in [2.05, 4.69) is 16.2 Å². The fourth-order valence-corrected chi connectivity index (χ4v) is 0.998. The average Bonchev–Trinajstić information content (AvgIpc) is 2.03. The van der Waals surface area contributed by atoms with E-state index in [-0.39, 0.29) is 0 Å². The molecule has 68 valence electrons. The number of hydrogen-bond acceptors (Lipinski definition) is 2. The Hall–Kier alpha value is -1.20. The maximum absolute atomic E-state index is 5.71. The number of halogens is 1. The maximum Gasteiger partial charge on any atom is 0.131 e. The van der Waals surface area contributed by atoms with Gasteiger partial charge in [0, 0.05) is 0 Å². The Morgan fingerprint density at radius 3 is 2.77 bits per heavy atom. The minimum Gasteiger partial charge on any atom is -0.354 e. The summed E-state index contributed by atoms with van der Waals surface area (Å²) in [6.07, 6.45) is 5.32. The van der Waals surface area contributed by atoms with Crippen LogP contribution < -0.4 is 5.32 Å². The predicted octanol–water partition coefficient (Wildman–Crippen LogP) is 2.56. The van der Waals surface area contributed by atoms with Crippen LogP contribution in [0.1, 0.15) is 13.8 Å². The molecule has 1 heterocycles. The predicted molar refractivity (Wildman–Crippen MR) is 55.8 cm³/mol. The van der Waals surface area contributed by atoms with E-state index in [1.54, 1.807) is 6.07 Å². The average molecular weight is 195 g/mol. The van der Waals surface area contributed by atoms with Crippen molar-refractivity contribution in [1.82, 2.24) is 4.98 Å². The van der Waals surface area contributed by atoms with E-state index in [0.717, 1.165) is 0 Å². The Labute approximate surface area is 83.3 Å². The first-order valence-electron chi connectivity index (χ1n) is 3.92. The van der Waals surface area contributed by atoms with E-state index >= 15 is 0 Å². The van der Waals surface area contributed by atoms with Crippen molar-refractivity contribution in [2.45, 2.75) is 19.4 Å². The monoisotopic (exact) mass is 194 g/mol. The zero-order valence-corrected chi connectivity index (χ0v) is 8.39. The van der Waals surface area contributed by atoms with Crippen molar-refractivity contribution in [2.24, 2.45) is 0 Å². The van der Waals surface area contributed by atoms with Gasteiger partial charge in [0.25, 0.3) is 0 Å². The molecule has 0 unspecified atom stereocenters. The van der Waals surface area contributed by atoms with Crippen LogP contribution in [0.3, 0.4) is 0 Å². The van der Waals surface area contributed by atoms with Crippen molar-refractivity contribution in [3.8, 4) is 12.3 Å². The molecule has 1 aromatic heterocycles. The molecule has 3 heteroatoms. The molecule has 0 saturated carbocycles. The van der Waals surface area contributed by atoms with Crippen molar-refractivity contribution in [3.05, 3.63) is 23.4 Å². The normalized spacial score (nSPS) is 10.6. The standard InChI is InChI=1S/C10H11ClN2/c1-4-10(2,3)13-9-7-5-6-8(11)12-9/h1,5-7H,2-3H3,(H,12,13). The zero-order valence-electron chi connectivity index (χ0n) is 7.63. The number of nitrogens with zero attached hydrogens (tertiary/aromatic N) is 1. The lowest BCUT2D eigenvalue weighted by atomic mass is 10.1. The summed E-state index contributed by atoms with van der Waals surface area (Å²) >= 11 is 5.71. The van der Waals surface area contributed by atoms with Crippen LogP contribution in [0.15, 0.2) is 18.2 Å². The van der Waals surface area contributed by atoms with E-state index in [1.807, 2.05) is 26.0 Å². The largest absolute Gasteiger partial charge is 0.354 e. The Bertz CT molecular complexity index is 339. The molecular weight excluding hydrogens is 184 g/mol. The number of aromatic nitrogens is 1. The molecule has 0 bridgehead atoms. The lowest BCUT2D eigenvalue weighted by molar-refractivity contribution is 0.736. The summed E-state index contributed by atoms with van der Waals surface area (Å²) in [5.74, 6) is 3.31. The molecule has 0 atom stereocenters. The SMILES string of the molecule is C#CC(C)(C)Nc1cccc(Cl)n1. The number of rotatable bonds is 2. The van der Waals surface area contributed by atoms with Gasteiger partial charge in [-0.25, -0.2) is 4.98 Å². The second kappa shape index (κ2) is 3.68. The second-order valence-corrected chi connectivity index (χ2v) is 3.63. The molecule has 0 aliphatic carbocycles. The van der Waals surface area contributed by atoms with Crippen LogP contribution in [0.25, 0.3) is 0 Å². The topological polar surface area (TPSA) is 24.9 Å². The highest BCUT2D eigenvalue weighted by atomic mass is 35.5. The van der Waals surface area contributed by atoms with Crippen LogP contribution in [0, 0.1) is 12.3 Å². The van der Waals surface area contributed by atoms with Crippen molar-refractivity contribution in [2.75, 3.05) is 5.32 Å². The molecule has 13 heavy (non-hydrogen) atoms. The summed E-state index contributed by atoms with van der Waals surface area (Å²) in [5, 5.41) is 3.53. The molecule has 0 aliphatic rings. The van der Waals surface area contributed by atoms with Gasteiger partial charge in [0.1, 0.15) is 11.0 Å². The second-order valence-electron chi connectivity index (χ2n) is 3.24. The van der Waals surface area contributed by atoms with Crippen LogP contribution in [-0.2, 0) is 0 Å². The summed E-state index contributed by atoms with van der Waals surface area (Å²) in [7, 11) is 0. The van der Waals surface area contributed by atoms with Gasteiger partial charge in [-0.15, -0.1) is 6.42 Å². The Morgan fingerprint density at radius 1 is 1.54 bits per heavy atom. The maximum atomic E-state index is 5.71. The number of nitrogens with one attached hydrogen (secondary N) is 1. The molecule has 0 fully saturated rings. The Kier molecular flexibility index (Phi) is 2.79. The molecular formula is C10H11ClN2. The molecule has 0 radical (unpaired) electrons. The van der Waals surface area contributed by atoms with Crippen molar-refractivity contribution in [3.63, 3.8) is 0 Å². The fourth-order valence-electron chi connectivity index (χ4n) is 0.834. The third kappa shape index (κ3) is 2.96. The molecule has 0 saturated heterocycles. The van der Waals surface area contributed by atoms with Gasteiger partial charge >= 0.3 is 0 Å². The summed E-state index contributed by atoms with van der Waals surface area (Å²) in [4.78, 5) is 4.07. The van der Waals surface area contributed by atoms with E-state index in [0.29, 0.717) is 11.0 Å². The van der Waals surface area contributed by atoms with Gasteiger partial charge < -0.3 is 5.32 Å². The van der Waals surface area contributed by atoms with Gasteiger partial charge in [-0.1, -0.05) is 23.6 Å². The van der Waals surface area contributed by atoms with Gasteiger partial charge in [0.2, 0.25) is 0 Å². The molecule has 2 nitrogen and oxygen atoms in total. The number of anilines is 1. The molecule has 1 rings (SSSR count). The lowest BCUT2D eigenvalue weighted by Gasteiger charge is -2.20. The summed E-state index contributed by atoms with van der Waals surface area (Å²) in [6.45, 7) is 3.80. The summed E-state index contributed by atoms with van der Waals surface area (Å²) in [5.41, 5.74) is -0.405. The molecule has 1 N–H and O–H groups in total. The van der Waals surface area contributed by atoms with Gasteiger partial charge in [-0.2, -0.15) is 0 Å². The summed E-state index contributed by atoms with van der Waals surface area (Å²) < 4.78 is 0. The fraction of sp³-hybridized carbons (Fsp3) is 0.300. The molecule has 0 aromatic carbocycles. The lowest BCUT2D eigenvalue weighted by Crippen LogP contribution is -2.28. The number of pyridine rings is 1. The van der Waals surface area contributed by atoms with E-state index < -0.39 is 5.54 Å². The summed E-state index contributed by atoms with van der Waals surface area (Å²) in [6, 6.07) is 5.37. The highest BCUT2D eigenvalue weighted by Crippen LogP contribution is 2.14. The third-order valence-corrected chi connectivity index (χ3v) is 1.73. The smallest absolute Gasteiger partial charge is 0.131 e. The zero-order chi connectivity index (χ0) is 9.90. The third-order valence-electron chi connectivity index (χ3n) is 1.52.